The standard InChI is InChI=1S/C32H32N2O8/c1-39-26-12-19-7-9-33(16-21(19)13-27(26)40-2)17-22-14-25(35)30(37)31(42-22)23(15-28(36)41-3)24-11-20-6-4-5-18-8-10-34(29(18)20)32(24)38/h4-6,11-14,23,37H,7-10,15-17H2,1-3H3/t23-/m1/s1. The number of aromatic nitrogens is 1. The largest absolute Gasteiger partial charge is 0.502 e. The summed E-state index contributed by atoms with van der Waals surface area (Å²) in [4.78, 5) is 41.4. The lowest BCUT2D eigenvalue weighted by molar-refractivity contribution is -0.140. The molecule has 0 bridgehead atoms. The molecule has 2 aliphatic heterocycles. The van der Waals surface area contributed by atoms with Crippen LogP contribution in [0, 0.1) is 0 Å². The van der Waals surface area contributed by atoms with Crippen LogP contribution in [-0.4, -0.2) is 48.4 Å². The maximum absolute atomic E-state index is 13.7. The van der Waals surface area contributed by atoms with Gasteiger partial charge in [-0.05, 0) is 53.1 Å². The first-order chi connectivity index (χ1) is 20.3. The Kier molecular flexibility index (Phi) is 7.24. The summed E-state index contributed by atoms with van der Waals surface area (Å²) in [6.07, 6.45) is 1.20. The third kappa shape index (κ3) is 4.81. The summed E-state index contributed by atoms with van der Waals surface area (Å²) in [5.41, 5.74) is 3.51. The first kappa shape index (κ1) is 27.6. The number of fused-ring (bicyclic) bond motifs is 1. The van der Waals surface area contributed by atoms with Crippen LogP contribution in [0.3, 0.4) is 0 Å². The van der Waals surface area contributed by atoms with E-state index >= 15 is 0 Å². The maximum atomic E-state index is 13.7. The summed E-state index contributed by atoms with van der Waals surface area (Å²) in [5, 5.41) is 11.8. The molecule has 6 rings (SSSR count). The fraction of sp³-hybridized carbons (Fsp3) is 0.344. The lowest BCUT2D eigenvalue weighted by Crippen LogP contribution is -2.30. The number of pyridine rings is 1. The van der Waals surface area contributed by atoms with Gasteiger partial charge < -0.3 is 28.3 Å². The van der Waals surface area contributed by atoms with Crippen molar-refractivity contribution in [1.82, 2.24) is 9.47 Å². The van der Waals surface area contributed by atoms with Gasteiger partial charge >= 0.3 is 5.97 Å². The SMILES string of the molecule is COC(=O)C[C@@H](c1oc(CN2CCc3cc(OC)c(OC)cc3C2)cc(=O)c1O)c1cc2cccc3c2n(c1=O)CC3. The second kappa shape index (κ2) is 11.0. The van der Waals surface area contributed by atoms with Gasteiger partial charge in [0, 0.05) is 31.3 Å². The van der Waals surface area contributed by atoms with E-state index in [0.29, 0.717) is 36.9 Å². The minimum absolute atomic E-state index is 0.120. The van der Waals surface area contributed by atoms with E-state index in [-0.39, 0.29) is 29.8 Å². The molecule has 10 nitrogen and oxygen atoms in total. The van der Waals surface area contributed by atoms with Crippen molar-refractivity contribution in [2.45, 2.75) is 44.8 Å². The molecule has 0 fully saturated rings. The number of rotatable bonds is 8. The molecular weight excluding hydrogens is 540 g/mol. The molecule has 0 unspecified atom stereocenters. The minimum Gasteiger partial charge on any atom is -0.502 e. The maximum Gasteiger partial charge on any atom is 0.306 e. The van der Waals surface area contributed by atoms with E-state index in [1.54, 1.807) is 24.9 Å². The number of methoxy groups -OCH3 is 3. The van der Waals surface area contributed by atoms with Crippen molar-refractivity contribution in [3.63, 3.8) is 0 Å². The van der Waals surface area contributed by atoms with Crippen LogP contribution >= 0.6 is 0 Å². The van der Waals surface area contributed by atoms with Crippen LogP contribution in [0.25, 0.3) is 10.9 Å². The van der Waals surface area contributed by atoms with Crippen molar-refractivity contribution in [3.05, 3.63) is 96.8 Å². The second-order valence-electron chi connectivity index (χ2n) is 10.7. The molecule has 0 saturated heterocycles. The normalized spacial score (nSPS) is 14.9. The average molecular weight is 573 g/mol. The van der Waals surface area contributed by atoms with Gasteiger partial charge in [0.2, 0.25) is 11.2 Å². The minimum atomic E-state index is -1.02. The van der Waals surface area contributed by atoms with Crippen molar-refractivity contribution in [2.75, 3.05) is 27.9 Å². The molecule has 10 heteroatoms. The van der Waals surface area contributed by atoms with Crippen molar-refractivity contribution < 1.29 is 28.5 Å². The Hall–Kier alpha value is -4.57. The van der Waals surface area contributed by atoms with Gasteiger partial charge in [-0.2, -0.15) is 0 Å². The lowest BCUT2D eigenvalue weighted by Gasteiger charge is -2.29. The molecule has 1 atom stereocenters. The highest BCUT2D eigenvalue weighted by Gasteiger charge is 2.31. The molecule has 218 valence electrons. The number of aryl methyl sites for hydroxylation is 2. The third-order valence-electron chi connectivity index (χ3n) is 8.30. The average Bonchev–Trinajstić information content (AvgIpc) is 3.44. The molecule has 42 heavy (non-hydrogen) atoms. The molecular formula is C32H32N2O8. The zero-order chi connectivity index (χ0) is 29.5. The Labute approximate surface area is 241 Å². The van der Waals surface area contributed by atoms with Crippen LogP contribution in [0.4, 0.5) is 0 Å². The number of nitrogens with zero attached hydrogens (tertiary/aromatic N) is 2. The van der Waals surface area contributed by atoms with E-state index in [0.717, 1.165) is 40.4 Å². The zero-order valence-electron chi connectivity index (χ0n) is 23.8. The summed E-state index contributed by atoms with van der Waals surface area (Å²) in [5.74, 6) is -0.727. The van der Waals surface area contributed by atoms with Crippen LogP contribution in [0.5, 0.6) is 17.2 Å². The molecule has 1 N–H and O–H groups in total. The van der Waals surface area contributed by atoms with Gasteiger partial charge in [-0.3, -0.25) is 19.3 Å². The van der Waals surface area contributed by atoms with Crippen LogP contribution < -0.4 is 20.5 Å². The van der Waals surface area contributed by atoms with Gasteiger partial charge in [0.25, 0.3) is 5.56 Å². The highest BCUT2D eigenvalue weighted by molar-refractivity contribution is 5.84. The van der Waals surface area contributed by atoms with Crippen LogP contribution in [0.2, 0.25) is 0 Å². The number of ether oxygens (including phenoxy) is 3. The summed E-state index contributed by atoms with van der Waals surface area (Å²) in [7, 11) is 4.45. The fourth-order valence-electron chi connectivity index (χ4n) is 6.20. The number of carbonyl (C=O) groups is 1. The predicted octanol–water partition coefficient (Wildman–Crippen LogP) is 3.49. The number of hydrogen-bond donors (Lipinski definition) is 1. The van der Waals surface area contributed by atoms with Crippen molar-refractivity contribution in [3.8, 4) is 17.2 Å². The number of esters is 1. The van der Waals surface area contributed by atoms with E-state index in [1.807, 2.05) is 30.3 Å². The Morgan fingerprint density at radius 3 is 2.45 bits per heavy atom. The molecule has 0 aliphatic carbocycles. The molecule has 0 amide bonds. The quantitative estimate of drug-likeness (QED) is 0.316. The fourth-order valence-corrected chi connectivity index (χ4v) is 6.20. The molecule has 4 aromatic rings. The van der Waals surface area contributed by atoms with Crippen LogP contribution in [0.1, 0.15) is 46.1 Å². The highest BCUT2D eigenvalue weighted by Crippen LogP contribution is 2.36. The Morgan fingerprint density at radius 2 is 1.71 bits per heavy atom. The van der Waals surface area contributed by atoms with Gasteiger partial charge in [-0.25, -0.2) is 0 Å². The van der Waals surface area contributed by atoms with Crippen LogP contribution in [-0.2, 0) is 42.0 Å². The molecule has 0 radical (unpaired) electrons. The third-order valence-corrected chi connectivity index (χ3v) is 8.30. The van der Waals surface area contributed by atoms with Gasteiger partial charge in [0.1, 0.15) is 5.76 Å². The zero-order valence-corrected chi connectivity index (χ0v) is 23.8. The topological polar surface area (TPSA) is 120 Å². The van der Waals surface area contributed by atoms with Gasteiger partial charge in [0.15, 0.2) is 17.3 Å². The number of hydrogen-bond acceptors (Lipinski definition) is 9. The lowest BCUT2D eigenvalue weighted by atomic mass is 9.92. The smallest absolute Gasteiger partial charge is 0.306 e. The van der Waals surface area contributed by atoms with E-state index in [1.165, 1.54) is 13.2 Å². The number of aromatic hydroxyl groups is 1. The molecule has 0 saturated carbocycles. The first-order valence-corrected chi connectivity index (χ1v) is 13.9. The molecule has 2 aromatic carbocycles. The Morgan fingerprint density at radius 1 is 0.976 bits per heavy atom. The first-order valence-electron chi connectivity index (χ1n) is 13.9. The Bertz CT molecular complexity index is 1820. The van der Waals surface area contributed by atoms with E-state index < -0.39 is 23.1 Å². The molecule has 2 aromatic heterocycles. The van der Waals surface area contributed by atoms with Gasteiger partial charge in [0.05, 0.1) is 45.7 Å². The summed E-state index contributed by atoms with van der Waals surface area (Å²) in [6.45, 7) is 2.08. The highest BCUT2D eigenvalue weighted by atomic mass is 16.5. The van der Waals surface area contributed by atoms with Crippen molar-refractivity contribution in [2.24, 2.45) is 0 Å². The van der Waals surface area contributed by atoms with E-state index in [9.17, 15) is 19.5 Å². The Balaban J connectivity index is 1.38. The number of para-hydroxylation sites is 1. The van der Waals surface area contributed by atoms with E-state index in [2.05, 4.69) is 4.90 Å². The van der Waals surface area contributed by atoms with Crippen LogP contribution in [0.15, 0.2) is 56.5 Å². The predicted molar refractivity (Wildman–Crippen MR) is 154 cm³/mol. The molecule has 4 heterocycles. The van der Waals surface area contributed by atoms with Gasteiger partial charge in [-0.1, -0.05) is 18.2 Å². The summed E-state index contributed by atoms with van der Waals surface area (Å²) in [6, 6.07) is 12.8. The van der Waals surface area contributed by atoms with Gasteiger partial charge in [-0.15, -0.1) is 0 Å². The summed E-state index contributed by atoms with van der Waals surface area (Å²) < 4.78 is 23.7. The van der Waals surface area contributed by atoms with E-state index in [4.69, 9.17) is 18.6 Å². The molecule has 0 spiro atoms. The molecule has 2 aliphatic rings. The monoisotopic (exact) mass is 572 g/mol. The number of benzene rings is 2. The van der Waals surface area contributed by atoms with Crippen molar-refractivity contribution in [1.29, 1.82) is 0 Å². The second-order valence-corrected chi connectivity index (χ2v) is 10.7. The van der Waals surface area contributed by atoms with Crippen molar-refractivity contribution >= 4 is 16.9 Å². The summed E-state index contributed by atoms with van der Waals surface area (Å²) >= 11 is 0. The number of carbonyl (C=O) groups excluding carboxylic acids is 1.